The fraction of sp³-hybridized carbons (Fsp3) is 0.600. The number of benzene rings is 1. The van der Waals surface area contributed by atoms with E-state index in [9.17, 15) is 14.3 Å². The standard InChI is InChI=1S/C30H40FN3O4/c1-20-4-9-27(38-19-20)25-8-6-23(31)17-26(25)28(30(35)36)34-14-10-21(18-34)11-15-37-16-12-24-7-5-22-3-2-13-32-29(22)33-24/h5-8,17,20-21,27-28H,2-4,9-16,18-19H2,1H3,(H,32,33)(H,35,36)/t20?,21-,27-,28+/m0/s1. The highest BCUT2D eigenvalue weighted by molar-refractivity contribution is 5.76. The zero-order chi connectivity index (χ0) is 26.5. The van der Waals surface area contributed by atoms with Gasteiger partial charge in [0.2, 0.25) is 0 Å². The fourth-order valence-corrected chi connectivity index (χ4v) is 6.06. The van der Waals surface area contributed by atoms with Crippen molar-refractivity contribution < 1.29 is 23.8 Å². The maximum atomic E-state index is 14.3. The van der Waals surface area contributed by atoms with Crippen LogP contribution in [0.2, 0.25) is 0 Å². The summed E-state index contributed by atoms with van der Waals surface area (Å²) in [5.74, 6) is 0.501. The molecule has 0 saturated carbocycles. The number of anilines is 1. The molecule has 3 aliphatic heterocycles. The molecule has 0 aliphatic carbocycles. The molecule has 1 unspecified atom stereocenters. The largest absolute Gasteiger partial charge is 0.480 e. The van der Waals surface area contributed by atoms with E-state index in [-0.39, 0.29) is 6.10 Å². The monoisotopic (exact) mass is 525 g/mol. The van der Waals surface area contributed by atoms with Crippen molar-refractivity contribution in [3.63, 3.8) is 0 Å². The quantitative estimate of drug-likeness (QED) is 0.415. The molecular weight excluding hydrogens is 485 g/mol. The Bertz CT molecular complexity index is 1100. The highest BCUT2D eigenvalue weighted by Crippen LogP contribution is 2.38. The van der Waals surface area contributed by atoms with Crippen molar-refractivity contribution in [1.29, 1.82) is 0 Å². The average Bonchev–Trinajstić information content (AvgIpc) is 3.37. The van der Waals surface area contributed by atoms with Crippen LogP contribution < -0.4 is 5.32 Å². The topological polar surface area (TPSA) is 83.9 Å². The van der Waals surface area contributed by atoms with Crippen LogP contribution in [0, 0.1) is 17.7 Å². The number of ether oxygens (including phenoxy) is 2. The Labute approximate surface area is 224 Å². The van der Waals surface area contributed by atoms with Crippen LogP contribution in [0.3, 0.4) is 0 Å². The number of halogens is 1. The molecule has 7 nitrogen and oxygen atoms in total. The Hall–Kier alpha value is -2.55. The molecule has 4 atom stereocenters. The van der Waals surface area contributed by atoms with Crippen molar-refractivity contribution in [2.24, 2.45) is 11.8 Å². The summed E-state index contributed by atoms with van der Waals surface area (Å²) in [6.45, 7) is 6.37. The van der Waals surface area contributed by atoms with Gasteiger partial charge < -0.3 is 19.9 Å². The van der Waals surface area contributed by atoms with Gasteiger partial charge in [0.25, 0.3) is 0 Å². The van der Waals surface area contributed by atoms with Gasteiger partial charge in [-0.25, -0.2) is 9.37 Å². The lowest BCUT2D eigenvalue weighted by atomic mass is 9.90. The normalized spacial score (nSPS) is 24.5. The first-order valence-electron chi connectivity index (χ1n) is 14.2. The van der Waals surface area contributed by atoms with Crippen molar-refractivity contribution in [2.75, 3.05) is 44.8 Å². The van der Waals surface area contributed by atoms with E-state index >= 15 is 0 Å². The first-order valence-corrected chi connectivity index (χ1v) is 14.2. The van der Waals surface area contributed by atoms with Crippen molar-refractivity contribution in [3.05, 3.63) is 58.5 Å². The number of hydrogen-bond donors (Lipinski definition) is 2. The van der Waals surface area contributed by atoms with E-state index in [0.717, 1.165) is 68.6 Å². The van der Waals surface area contributed by atoms with Crippen molar-refractivity contribution in [3.8, 4) is 0 Å². The summed E-state index contributed by atoms with van der Waals surface area (Å²) in [5, 5.41) is 13.6. The summed E-state index contributed by atoms with van der Waals surface area (Å²) in [7, 11) is 0. The minimum Gasteiger partial charge on any atom is -0.480 e. The Morgan fingerprint density at radius 2 is 2.16 bits per heavy atom. The van der Waals surface area contributed by atoms with E-state index in [1.165, 1.54) is 17.7 Å². The summed E-state index contributed by atoms with van der Waals surface area (Å²) in [4.78, 5) is 19.2. The molecule has 2 aromatic rings. The van der Waals surface area contributed by atoms with Gasteiger partial charge in [-0.1, -0.05) is 19.1 Å². The molecule has 3 aliphatic rings. The molecule has 206 valence electrons. The minimum atomic E-state index is -0.940. The Balaban J connectivity index is 1.14. The Morgan fingerprint density at radius 1 is 1.26 bits per heavy atom. The summed E-state index contributed by atoms with van der Waals surface area (Å²) in [6, 6.07) is 7.92. The number of rotatable bonds is 10. The predicted octanol–water partition coefficient (Wildman–Crippen LogP) is 5.16. The van der Waals surface area contributed by atoms with E-state index in [0.29, 0.717) is 50.3 Å². The van der Waals surface area contributed by atoms with Crippen LogP contribution in [0.4, 0.5) is 10.2 Å². The van der Waals surface area contributed by atoms with Gasteiger partial charge in [-0.2, -0.15) is 0 Å². The maximum Gasteiger partial charge on any atom is 0.325 e. The van der Waals surface area contributed by atoms with E-state index in [4.69, 9.17) is 14.5 Å². The molecule has 8 heteroatoms. The number of nitrogens with one attached hydrogen (secondary N) is 1. The van der Waals surface area contributed by atoms with Crippen LogP contribution >= 0.6 is 0 Å². The number of pyridine rings is 1. The molecule has 1 aromatic heterocycles. The number of aliphatic carboxylic acids is 1. The number of aryl methyl sites for hydroxylation is 1. The minimum absolute atomic E-state index is 0.184. The van der Waals surface area contributed by atoms with E-state index in [1.54, 1.807) is 6.07 Å². The fourth-order valence-electron chi connectivity index (χ4n) is 6.06. The summed E-state index contributed by atoms with van der Waals surface area (Å²) in [5.41, 5.74) is 3.67. The molecule has 0 amide bonds. The first kappa shape index (κ1) is 27.0. The number of likely N-dealkylation sites (tertiary alicyclic amines) is 1. The number of carboxylic acids is 1. The number of carboxylic acid groups (broad SMARTS) is 1. The number of carbonyl (C=O) groups is 1. The van der Waals surface area contributed by atoms with Gasteiger partial charge in [-0.3, -0.25) is 9.69 Å². The molecule has 2 saturated heterocycles. The first-order chi connectivity index (χ1) is 18.5. The van der Waals surface area contributed by atoms with E-state index in [2.05, 4.69) is 24.4 Å². The Kier molecular flexibility index (Phi) is 8.92. The highest BCUT2D eigenvalue weighted by atomic mass is 19.1. The lowest BCUT2D eigenvalue weighted by Crippen LogP contribution is -2.34. The molecular formula is C30H40FN3O4. The van der Waals surface area contributed by atoms with Crippen LogP contribution in [0.15, 0.2) is 30.3 Å². The zero-order valence-electron chi connectivity index (χ0n) is 22.3. The number of nitrogens with zero attached hydrogens (tertiary/aromatic N) is 2. The number of fused-ring (bicyclic) bond motifs is 1. The molecule has 5 rings (SSSR count). The highest BCUT2D eigenvalue weighted by Gasteiger charge is 2.36. The van der Waals surface area contributed by atoms with Gasteiger partial charge in [-0.15, -0.1) is 0 Å². The van der Waals surface area contributed by atoms with Gasteiger partial charge >= 0.3 is 5.97 Å². The summed E-state index contributed by atoms with van der Waals surface area (Å²) in [6.07, 6.45) is 6.46. The maximum absolute atomic E-state index is 14.3. The third-order valence-corrected chi connectivity index (χ3v) is 8.24. The summed E-state index contributed by atoms with van der Waals surface area (Å²) < 4.78 is 26.3. The Morgan fingerprint density at radius 3 is 2.97 bits per heavy atom. The molecule has 0 spiro atoms. The van der Waals surface area contributed by atoms with Gasteiger partial charge in [0.05, 0.1) is 12.7 Å². The van der Waals surface area contributed by atoms with Crippen LogP contribution in [-0.2, 0) is 27.1 Å². The third-order valence-electron chi connectivity index (χ3n) is 8.24. The second-order valence-electron chi connectivity index (χ2n) is 11.2. The van der Waals surface area contributed by atoms with Gasteiger partial charge in [0.15, 0.2) is 0 Å². The van der Waals surface area contributed by atoms with Crippen LogP contribution in [0.1, 0.15) is 73.6 Å². The molecule has 2 fully saturated rings. The van der Waals surface area contributed by atoms with Crippen molar-refractivity contribution in [1.82, 2.24) is 9.88 Å². The lowest BCUT2D eigenvalue weighted by Gasteiger charge is -2.32. The second-order valence-corrected chi connectivity index (χ2v) is 11.2. The number of aromatic nitrogens is 1. The number of hydrogen-bond acceptors (Lipinski definition) is 6. The van der Waals surface area contributed by atoms with Crippen LogP contribution in [0.25, 0.3) is 0 Å². The van der Waals surface area contributed by atoms with E-state index in [1.807, 2.05) is 4.90 Å². The molecule has 4 heterocycles. The lowest BCUT2D eigenvalue weighted by molar-refractivity contribution is -0.143. The third kappa shape index (κ3) is 6.53. The van der Waals surface area contributed by atoms with Crippen molar-refractivity contribution in [2.45, 2.75) is 64.0 Å². The zero-order valence-corrected chi connectivity index (χ0v) is 22.3. The van der Waals surface area contributed by atoms with Crippen LogP contribution in [0.5, 0.6) is 0 Å². The van der Waals surface area contributed by atoms with Crippen LogP contribution in [-0.4, -0.2) is 60.4 Å². The van der Waals surface area contributed by atoms with Gasteiger partial charge in [-0.05, 0) is 91.8 Å². The average molecular weight is 526 g/mol. The summed E-state index contributed by atoms with van der Waals surface area (Å²) >= 11 is 0. The molecule has 1 aromatic carbocycles. The smallest absolute Gasteiger partial charge is 0.325 e. The van der Waals surface area contributed by atoms with Gasteiger partial charge in [0, 0.05) is 38.4 Å². The van der Waals surface area contributed by atoms with Gasteiger partial charge in [0.1, 0.15) is 17.7 Å². The molecule has 0 bridgehead atoms. The van der Waals surface area contributed by atoms with Crippen molar-refractivity contribution >= 4 is 11.8 Å². The SMILES string of the molecule is CC1CC[C@@H](c2ccc(F)cc2[C@H](C(=O)O)N2CC[C@@H](CCOCCc3ccc4c(n3)NCCC4)C2)OC1. The molecule has 0 radical (unpaired) electrons. The molecule has 38 heavy (non-hydrogen) atoms. The molecule has 2 N–H and O–H groups in total. The second kappa shape index (κ2) is 12.5. The predicted molar refractivity (Wildman–Crippen MR) is 144 cm³/mol. The van der Waals surface area contributed by atoms with E-state index < -0.39 is 17.8 Å².